The summed E-state index contributed by atoms with van der Waals surface area (Å²) < 4.78 is 13.7. The lowest BCUT2D eigenvalue weighted by Crippen LogP contribution is -2.12. The zero-order chi connectivity index (χ0) is 15.8. The average molecular weight is 298 g/mol. The molecular weight excluding hydrogens is 279 g/mol. The number of amidine groups is 1. The quantitative estimate of drug-likeness (QED) is 0.662. The molecule has 0 aliphatic carbocycles. The van der Waals surface area contributed by atoms with Crippen molar-refractivity contribution in [2.45, 2.75) is 26.7 Å². The van der Waals surface area contributed by atoms with Crippen molar-refractivity contribution in [1.29, 1.82) is 0 Å². The molecular formula is C17H19FN4. The number of hydrogen-bond donors (Lipinski definition) is 1. The summed E-state index contributed by atoms with van der Waals surface area (Å²) >= 11 is 0. The lowest BCUT2D eigenvalue weighted by Gasteiger charge is -2.10. The van der Waals surface area contributed by atoms with Crippen LogP contribution in [0.2, 0.25) is 0 Å². The molecule has 0 unspecified atom stereocenters. The molecule has 0 radical (unpaired) electrons. The van der Waals surface area contributed by atoms with Crippen LogP contribution in [0.5, 0.6) is 0 Å². The van der Waals surface area contributed by atoms with Crippen LogP contribution in [0.1, 0.15) is 32.4 Å². The van der Waals surface area contributed by atoms with Crippen LogP contribution in [0.4, 0.5) is 10.1 Å². The van der Waals surface area contributed by atoms with Crippen LogP contribution >= 0.6 is 0 Å². The maximum atomic E-state index is 13.7. The molecule has 0 saturated heterocycles. The second kappa shape index (κ2) is 8.02. The van der Waals surface area contributed by atoms with Crippen LogP contribution in [-0.2, 0) is 0 Å². The highest BCUT2D eigenvalue weighted by Crippen LogP contribution is 2.17. The molecule has 0 aliphatic rings. The Morgan fingerprint density at radius 2 is 2.14 bits per heavy atom. The van der Waals surface area contributed by atoms with Gasteiger partial charge in [0.1, 0.15) is 5.84 Å². The van der Waals surface area contributed by atoms with E-state index < -0.39 is 5.82 Å². The molecule has 0 aliphatic heterocycles. The van der Waals surface area contributed by atoms with Gasteiger partial charge in [-0.15, -0.1) is 0 Å². The Kier molecular flexibility index (Phi) is 5.77. The van der Waals surface area contributed by atoms with Crippen LogP contribution in [0, 0.1) is 5.82 Å². The molecule has 5 heteroatoms. The first-order chi connectivity index (χ1) is 10.7. The smallest absolute Gasteiger partial charge is 0.164 e. The number of halogens is 1. The van der Waals surface area contributed by atoms with Gasteiger partial charge in [0.05, 0.1) is 23.3 Å². The molecule has 0 fully saturated rings. The van der Waals surface area contributed by atoms with Gasteiger partial charge in [0, 0.05) is 18.8 Å². The average Bonchev–Trinajstić information content (AvgIpc) is 2.56. The molecule has 4 nitrogen and oxygen atoms in total. The SMILES string of the molecule is CC/C=C(\N=C(CC)Nc1ccncc1F)c1ccccn1. The Hall–Kier alpha value is -2.56. The molecule has 1 N–H and O–H groups in total. The summed E-state index contributed by atoms with van der Waals surface area (Å²) in [5.74, 6) is 0.276. The maximum Gasteiger partial charge on any atom is 0.164 e. The zero-order valence-electron chi connectivity index (χ0n) is 12.8. The number of aliphatic imine (C=N–C) groups is 1. The van der Waals surface area contributed by atoms with E-state index in [4.69, 9.17) is 0 Å². The second-order valence-corrected chi connectivity index (χ2v) is 4.61. The van der Waals surface area contributed by atoms with Gasteiger partial charge >= 0.3 is 0 Å². The Balaban J connectivity index is 2.29. The fourth-order valence-electron chi connectivity index (χ4n) is 1.89. The minimum Gasteiger partial charge on any atom is -0.341 e. The Morgan fingerprint density at radius 1 is 1.27 bits per heavy atom. The first-order valence-electron chi connectivity index (χ1n) is 7.30. The Bertz CT molecular complexity index is 665. The van der Waals surface area contributed by atoms with E-state index in [9.17, 15) is 4.39 Å². The van der Waals surface area contributed by atoms with Crippen molar-refractivity contribution in [3.8, 4) is 0 Å². The molecule has 22 heavy (non-hydrogen) atoms. The van der Waals surface area contributed by atoms with Crippen LogP contribution in [-0.4, -0.2) is 15.8 Å². The minimum atomic E-state index is -0.400. The molecule has 0 atom stereocenters. The van der Waals surface area contributed by atoms with Gasteiger partial charge in [-0.1, -0.05) is 26.0 Å². The molecule has 2 aromatic heterocycles. The van der Waals surface area contributed by atoms with Gasteiger partial charge in [0.25, 0.3) is 0 Å². The maximum absolute atomic E-state index is 13.7. The standard InChI is InChI=1S/C17H19FN4/c1-3-7-16(15-8-5-6-10-20-15)22-17(4-2)21-14-9-11-19-12-13(14)18/h5-12H,3-4H2,1-2H3,(H,19,21,22)/b16-7-. The number of rotatable bonds is 5. The first kappa shape index (κ1) is 15.8. The normalized spacial score (nSPS) is 12.3. The summed E-state index contributed by atoms with van der Waals surface area (Å²) in [7, 11) is 0. The van der Waals surface area contributed by atoms with Crippen molar-refractivity contribution < 1.29 is 4.39 Å². The van der Waals surface area contributed by atoms with Gasteiger partial charge in [-0.05, 0) is 24.6 Å². The molecule has 2 rings (SSSR count). The van der Waals surface area contributed by atoms with E-state index >= 15 is 0 Å². The summed E-state index contributed by atoms with van der Waals surface area (Å²) in [5, 5.41) is 3.02. The number of anilines is 1. The summed E-state index contributed by atoms with van der Waals surface area (Å²) in [6.45, 7) is 4.01. The second-order valence-electron chi connectivity index (χ2n) is 4.61. The monoisotopic (exact) mass is 298 g/mol. The van der Waals surface area contributed by atoms with Crippen molar-refractivity contribution in [3.05, 3.63) is 60.4 Å². The molecule has 2 heterocycles. The number of pyridine rings is 2. The summed E-state index contributed by atoms with van der Waals surface area (Å²) in [6.07, 6.45) is 7.95. The van der Waals surface area contributed by atoms with Gasteiger partial charge in [0.2, 0.25) is 0 Å². The van der Waals surface area contributed by atoms with E-state index in [1.807, 2.05) is 38.1 Å². The van der Waals surface area contributed by atoms with Gasteiger partial charge in [-0.3, -0.25) is 9.97 Å². The molecule has 0 saturated carbocycles. The Morgan fingerprint density at radius 3 is 2.77 bits per heavy atom. The molecule has 0 aromatic carbocycles. The molecule has 114 valence electrons. The van der Waals surface area contributed by atoms with Gasteiger partial charge in [-0.2, -0.15) is 0 Å². The fraction of sp³-hybridized carbons (Fsp3) is 0.235. The Labute approximate surface area is 129 Å². The number of allylic oxidation sites excluding steroid dienone is 1. The van der Waals surface area contributed by atoms with Crippen LogP contribution in [0.25, 0.3) is 5.70 Å². The highest BCUT2D eigenvalue weighted by Gasteiger charge is 2.06. The number of nitrogens with zero attached hydrogens (tertiary/aromatic N) is 3. The van der Waals surface area contributed by atoms with E-state index in [0.717, 1.165) is 17.8 Å². The third-order valence-corrected chi connectivity index (χ3v) is 2.97. The molecule has 2 aromatic rings. The van der Waals surface area contributed by atoms with Gasteiger partial charge in [0.15, 0.2) is 5.82 Å². The van der Waals surface area contributed by atoms with E-state index in [2.05, 4.69) is 20.3 Å². The van der Waals surface area contributed by atoms with Crippen molar-refractivity contribution in [2.75, 3.05) is 5.32 Å². The van der Waals surface area contributed by atoms with Crippen LogP contribution in [0.3, 0.4) is 0 Å². The number of hydrogen-bond acceptors (Lipinski definition) is 3. The lowest BCUT2D eigenvalue weighted by molar-refractivity contribution is 0.626. The van der Waals surface area contributed by atoms with Crippen molar-refractivity contribution in [1.82, 2.24) is 9.97 Å². The van der Waals surface area contributed by atoms with E-state index in [1.54, 1.807) is 18.5 Å². The summed E-state index contributed by atoms with van der Waals surface area (Å²) in [6, 6.07) is 7.28. The molecule has 0 amide bonds. The van der Waals surface area contributed by atoms with E-state index in [1.165, 1.54) is 6.20 Å². The first-order valence-corrected chi connectivity index (χ1v) is 7.30. The third kappa shape index (κ3) is 4.22. The van der Waals surface area contributed by atoms with E-state index in [0.29, 0.717) is 17.9 Å². The van der Waals surface area contributed by atoms with Crippen LogP contribution in [0.15, 0.2) is 53.9 Å². The fourth-order valence-corrected chi connectivity index (χ4v) is 1.89. The summed E-state index contributed by atoms with van der Waals surface area (Å²) in [4.78, 5) is 12.7. The van der Waals surface area contributed by atoms with Crippen molar-refractivity contribution in [2.24, 2.45) is 4.99 Å². The number of nitrogens with one attached hydrogen (secondary N) is 1. The minimum absolute atomic E-state index is 0.368. The highest BCUT2D eigenvalue weighted by atomic mass is 19.1. The topological polar surface area (TPSA) is 50.2 Å². The predicted molar refractivity (Wildman–Crippen MR) is 88.0 cm³/mol. The van der Waals surface area contributed by atoms with E-state index in [-0.39, 0.29) is 0 Å². The van der Waals surface area contributed by atoms with Crippen molar-refractivity contribution in [3.63, 3.8) is 0 Å². The lowest BCUT2D eigenvalue weighted by atomic mass is 10.2. The third-order valence-electron chi connectivity index (χ3n) is 2.97. The predicted octanol–water partition coefficient (Wildman–Crippen LogP) is 4.29. The highest BCUT2D eigenvalue weighted by molar-refractivity contribution is 5.98. The zero-order valence-corrected chi connectivity index (χ0v) is 12.8. The van der Waals surface area contributed by atoms with Crippen molar-refractivity contribution >= 4 is 17.2 Å². The number of aromatic nitrogens is 2. The molecule has 0 bridgehead atoms. The van der Waals surface area contributed by atoms with Gasteiger partial charge < -0.3 is 5.32 Å². The summed E-state index contributed by atoms with van der Waals surface area (Å²) in [5.41, 5.74) is 1.95. The van der Waals surface area contributed by atoms with Crippen LogP contribution < -0.4 is 5.32 Å². The molecule has 0 spiro atoms. The van der Waals surface area contributed by atoms with Gasteiger partial charge in [-0.25, -0.2) is 9.38 Å². The largest absolute Gasteiger partial charge is 0.341 e.